The van der Waals surface area contributed by atoms with Crippen LogP contribution in [0.25, 0.3) is 5.82 Å². The quantitative estimate of drug-likeness (QED) is 0.734. The number of imidazole rings is 1. The third kappa shape index (κ3) is 2.71. The van der Waals surface area contributed by atoms with Gasteiger partial charge in [0.1, 0.15) is 24.3 Å². The molecule has 0 bridgehead atoms. The Kier molecular flexibility index (Phi) is 3.45. The number of hydrogen-bond acceptors (Lipinski definition) is 6. The summed E-state index contributed by atoms with van der Waals surface area (Å²) in [5, 5.41) is 9.63. The number of aromatic amines is 1. The summed E-state index contributed by atoms with van der Waals surface area (Å²) in [5.74, 6) is 2.00. The molecule has 4 rings (SSSR count). The van der Waals surface area contributed by atoms with E-state index in [4.69, 9.17) is 0 Å². The normalized spacial score (nSPS) is 14.5. The fourth-order valence-corrected chi connectivity index (χ4v) is 2.59. The first-order chi connectivity index (χ1) is 11.7. The first kappa shape index (κ1) is 14.4. The molecule has 0 aliphatic carbocycles. The highest BCUT2D eigenvalue weighted by molar-refractivity contribution is 5.93. The van der Waals surface area contributed by atoms with Crippen molar-refractivity contribution in [2.75, 3.05) is 23.3 Å². The number of H-pyrrole nitrogens is 1. The standard InChI is InChI=1S/C15H16N8O/c1-10-4-12(21-20-10)19-15(24)11-6-23(7-11)14-5-13(17-8-18-14)22-3-2-16-9-22/h2-5,8-9,11H,6-7H2,1H3,(H2,19,20,21,24). The topological polar surface area (TPSA) is 105 Å². The first-order valence-corrected chi connectivity index (χ1v) is 7.57. The number of anilines is 2. The summed E-state index contributed by atoms with van der Waals surface area (Å²) in [6.07, 6.45) is 6.72. The molecule has 1 saturated heterocycles. The molecule has 3 aromatic heterocycles. The molecule has 0 radical (unpaired) electrons. The van der Waals surface area contributed by atoms with Gasteiger partial charge in [0.25, 0.3) is 0 Å². The van der Waals surface area contributed by atoms with E-state index in [0.717, 1.165) is 17.3 Å². The highest BCUT2D eigenvalue weighted by Crippen LogP contribution is 2.24. The van der Waals surface area contributed by atoms with Gasteiger partial charge in [-0.05, 0) is 6.92 Å². The van der Waals surface area contributed by atoms with E-state index in [0.29, 0.717) is 18.9 Å². The van der Waals surface area contributed by atoms with E-state index in [-0.39, 0.29) is 11.8 Å². The van der Waals surface area contributed by atoms with E-state index in [2.05, 4.69) is 30.5 Å². The minimum atomic E-state index is -0.0753. The van der Waals surface area contributed by atoms with Crippen LogP contribution < -0.4 is 10.2 Å². The molecule has 0 aromatic carbocycles. The predicted octanol–water partition coefficient (Wildman–Crippen LogP) is 0.769. The molecule has 9 nitrogen and oxygen atoms in total. The predicted molar refractivity (Wildman–Crippen MR) is 86.8 cm³/mol. The van der Waals surface area contributed by atoms with Gasteiger partial charge >= 0.3 is 0 Å². The number of hydrogen-bond donors (Lipinski definition) is 2. The van der Waals surface area contributed by atoms with E-state index in [9.17, 15) is 4.79 Å². The minimum absolute atomic E-state index is 0.0263. The molecule has 3 aromatic rings. The number of carbonyl (C=O) groups is 1. The van der Waals surface area contributed by atoms with E-state index >= 15 is 0 Å². The van der Waals surface area contributed by atoms with Crippen LogP contribution in [0.1, 0.15) is 5.69 Å². The van der Waals surface area contributed by atoms with Crippen molar-refractivity contribution >= 4 is 17.5 Å². The van der Waals surface area contributed by atoms with Crippen LogP contribution in [0.3, 0.4) is 0 Å². The number of amides is 1. The maximum Gasteiger partial charge on any atom is 0.232 e. The Balaban J connectivity index is 1.39. The van der Waals surface area contributed by atoms with Gasteiger partial charge in [-0.15, -0.1) is 0 Å². The number of carbonyl (C=O) groups excluding carboxylic acids is 1. The summed E-state index contributed by atoms with van der Waals surface area (Å²) in [6, 6.07) is 3.68. The number of nitrogens with one attached hydrogen (secondary N) is 2. The second-order valence-electron chi connectivity index (χ2n) is 5.73. The van der Waals surface area contributed by atoms with Gasteiger partial charge in [0, 0.05) is 43.3 Å². The van der Waals surface area contributed by atoms with Gasteiger partial charge in [-0.2, -0.15) is 5.10 Å². The Hall–Kier alpha value is -3.23. The molecule has 0 atom stereocenters. The van der Waals surface area contributed by atoms with Crippen molar-refractivity contribution in [3.8, 4) is 5.82 Å². The van der Waals surface area contributed by atoms with Crippen molar-refractivity contribution in [3.05, 3.63) is 42.9 Å². The molecule has 0 saturated carbocycles. The summed E-state index contributed by atoms with van der Waals surface area (Å²) in [5.41, 5.74) is 0.911. The molecule has 24 heavy (non-hydrogen) atoms. The molecule has 0 unspecified atom stereocenters. The molecule has 0 spiro atoms. The minimum Gasteiger partial charge on any atom is -0.355 e. The molecule has 2 N–H and O–H groups in total. The van der Waals surface area contributed by atoms with Crippen molar-refractivity contribution in [1.29, 1.82) is 0 Å². The van der Waals surface area contributed by atoms with Gasteiger partial charge in [0.2, 0.25) is 5.91 Å². The number of aryl methyl sites for hydroxylation is 1. The maximum atomic E-state index is 12.2. The highest BCUT2D eigenvalue weighted by Gasteiger charge is 2.34. The van der Waals surface area contributed by atoms with Crippen LogP contribution in [-0.4, -0.2) is 48.7 Å². The van der Waals surface area contributed by atoms with E-state index in [1.807, 2.05) is 28.7 Å². The third-order valence-corrected chi connectivity index (χ3v) is 3.94. The van der Waals surface area contributed by atoms with Crippen molar-refractivity contribution < 1.29 is 4.79 Å². The van der Waals surface area contributed by atoms with Gasteiger partial charge in [-0.3, -0.25) is 14.5 Å². The largest absolute Gasteiger partial charge is 0.355 e. The zero-order valence-electron chi connectivity index (χ0n) is 13.0. The van der Waals surface area contributed by atoms with Crippen LogP contribution in [0.15, 0.2) is 37.2 Å². The molecule has 1 aliphatic heterocycles. The zero-order chi connectivity index (χ0) is 16.5. The summed E-state index contributed by atoms with van der Waals surface area (Å²) < 4.78 is 1.81. The fourth-order valence-electron chi connectivity index (χ4n) is 2.59. The molecular weight excluding hydrogens is 308 g/mol. The van der Waals surface area contributed by atoms with Gasteiger partial charge in [0.05, 0.1) is 5.92 Å². The van der Waals surface area contributed by atoms with Crippen LogP contribution in [0.5, 0.6) is 0 Å². The van der Waals surface area contributed by atoms with Crippen LogP contribution in [-0.2, 0) is 4.79 Å². The molecule has 4 heterocycles. The second-order valence-corrected chi connectivity index (χ2v) is 5.73. The Morgan fingerprint density at radius 2 is 2.12 bits per heavy atom. The monoisotopic (exact) mass is 324 g/mol. The first-order valence-electron chi connectivity index (χ1n) is 7.57. The van der Waals surface area contributed by atoms with Crippen LogP contribution in [0.2, 0.25) is 0 Å². The van der Waals surface area contributed by atoms with Gasteiger partial charge in [0.15, 0.2) is 5.82 Å². The lowest BCUT2D eigenvalue weighted by atomic mass is 9.99. The van der Waals surface area contributed by atoms with Crippen LogP contribution >= 0.6 is 0 Å². The summed E-state index contributed by atoms with van der Waals surface area (Å²) in [4.78, 5) is 26.8. The smallest absolute Gasteiger partial charge is 0.232 e. The fraction of sp³-hybridized carbons (Fsp3) is 0.267. The maximum absolute atomic E-state index is 12.2. The lowest BCUT2D eigenvalue weighted by Gasteiger charge is -2.38. The Morgan fingerprint density at radius 3 is 2.83 bits per heavy atom. The molecule has 1 amide bonds. The molecule has 1 aliphatic rings. The summed E-state index contributed by atoms with van der Waals surface area (Å²) >= 11 is 0. The van der Waals surface area contributed by atoms with Crippen molar-refractivity contribution in [2.45, 2.75) is 6.92 Å². The number of rotatable bonds is 4. The Bertz CT molecular complexity index is 850. The zero-order valence-corrected chi connectivity index (χ0v) is 13.0. The molecule has 1 fully saturated rings. The number of aromatic nitrogens is 6. The molecule has 122 valence electrons. The van der Waals surface area contributed by atoms with Crippen LogP contribution in [0.4, 0.5) is 11.6 Å². The van der Waals surface area contributed by atoms with Crippen LogP contribution in [0, 0.1) is 12.8 Å². The summed E-state index contributed by atoms with van der Waals surface area (Å²) in [7, 11) is 0. The van der Waals surface area contributed by atoms with Crippen molar-refractivity contribution in [1.82, 2.24) is 29.7 Å². The van der Waals surface area contributed by atoms with Gasteiger partial charge in [-0.1, -0.05) is 0 Å². The lowest BCUT2D eigenvalue weighted by molar-refractivity contribution is -0.120. The Morgan fingerprint density at radius 1 is 1.29 bits per heavy atom. The SMILES string of the molecule is Cc1cc(NC(=O)C2CN(c3cc(-n4ccnc4)ncn3)C2)n[nH]1. The van der Waals surface area contributed by atoms with Crippen molar-refractivity contribution in [2.24, 2.45) is 5.92 Å². The third-order valence-electron chi connectivity index (χ3n) is 3.94. The average molecular weight is 324 g/mol. The van der Waals surface area contributed by atoms with Gasteiger partial charge in [-0.25, -0.2) is 15.0 Å². The second kappa shape index (κ2) is 5.76. The van der Waals surface area contributed by atoms with Crippen molar-refractivity contribution in [3.63, 3.8) is 0 Å². The average Bonchev–Trinajstić information content (AvgIpc) is 3.18. The molecular formula is C15H16N8O. The van der Waals surface area contributed by atoms with E-state index < -0.39 is 0 Å². The summed E-state index contributed by atoms with van der Waals surface area (Å²) in [6.45, 7) is 3.13. The van der Waals surface area contributed by atoms with E-state index in [1.165, 1.54) is 6.33 Å². The lowest BCUT2D eigenvalue weighted by Crippen LogP contribution is -2.52. The van der Waals surface area contributed by atoms with E-state index in [1.54, 1.807) is 18.6 Å². The highest BCUT2D eigenvalue weighted by atomic mass is 16.2. The number of nitrogens with zero attached hydrogens (tertiary/aromatic N) is 6. The van der Waals surface area contributed by atoms with Gasteiger partial charge < -0.3 is 10.2 Å². The Labute approximate surface area is 137 Å². The molecule has 9 heteroatoms.